The number of benzene rings is 1. The number of β-amino-alcohol motifs (C(OH)–C–C–N with tert-alkyl or cyclic N) is 1. The number of nitrogens with one attached hydrogen (secondary N) is 1. The summed E-state index contributed by atoms with van der Waals surface area (Å²) in [5.74, 6) is -2.92. The summed E-state index contributed by atoms with van der Waals surface area (Å²) in [5, 5.41) is 32.5. The number of nitrogens with two attached hydrogens (primary N) is 1. The Hall–Kier alpha value is -2.86. The number of rotatable bonds is 11. The van der Waals surface area contributed by atoms with E-state index in [9.17, 15) is 34.5 Å². The number of aliphatic carboxylic acids is 1. The number of aliphatic hydroxyl groups is 2. The van der Waals surface area contributed by atoms with Gasteiger partial charge in [-0.2, -0.15) is 0 Å². The average molecular weight is 519 g/mol. The Bertz CT molecular complexity index is 973. The minimum absolute atomic E-state index is 0.0249. The van der Waals surface area contributed by atoms with Crippen LogP contribution < -0.4 is 11.1 Å². The molecule has 2 heterocycles. The number of Topliss-reactive ketones (excluding diaryl/α,β-unsaturated/α-hetero) is 1. The molecule has 0 radical (unpaired) electrons. The van der Waals surface area contributed by atoms with Crippen LogP contribution in [0.15, 0.2) is 30.3 Å². The van der Waals surface area contributed by atoms with Crippen LogP contribution >= 0.6 is 0 Å². The van der Waals surface area contributed by atoms with Crippen molar-refractivity contribution in [2.24, 2.45) is 11.7 Å². The predicted octanol–water partition coefficient (Wildman–Crippen LogP) is -0.862. The lowest BCUT2D eigenvalue weighted by Gasteiger charge is -2.31. The first-order chi connectivity index (χ1) is 17.5. The highest BCUT2D eigenvalue weighted by Crippen LogP contribution is 2.25. The fourth-order valence-electron chi connectivity index (χ4n) is 5.13. The van der Waals surface area contributed by atoms with Crippen molar-refractivity contribution >= 4 is 23.6 Å². The van der Waals surface area contributed by atoms with Crippen LogP contribution in [0.2, 0.25) is 0 Å². The maximum atomic E-state index is 13.2. The Balaban J connectivity index is 1.62. The van der Waals surface area contributed by atoms with Gasteiger partial charge in [-0.3, -0.25) is 19.3 Å². The van der Waals surface area contributed by atoms with Crippen molar-refractivity contribution in [2.45, 2.75) is 75.9 Å². The first kappa shape index (κ1) is 28.7. The predicted molar refractivity (Wildman–Crippen MR) is 134 cm³/mol. The van der Waals surface area contributed by atoms with Gasteiger partial charge in [0.15, 0.2) is 5.78 Å². The van der Waals surface area contributed by atoms with Crippen LogP contribution in [0.5, 0.6) is 0 Å². The molecular formula is C26H38N4O7. The second-order valence-electron chi connectivity index (χ2n) is 10.4. The van der Waals surface area contributed by atoms with Crippen LogP contribution in [0, 0.1) is 5.92 Å². The van der Waals surface area contributed by atoms with E-state index in [0.29, 0.717) is 19.4 Å². The molecule has 37 heavy (non-hydrogen) atoms. The summed E-state index contributed by atoms with van der Waals surface area (Å²) in [6.07, 6.45) is -1.02. The molecule has 6 N–H and O–H groups in total. The lowest BCUT2D eigenvalue weighted by molar-refractivity contribution is -0.150. The number of likely N-dealkylation sites (tertiary alicyclic amines) is 2. The van der Waals surface area contributed by atoms with E-state index >= 15 is 0 Å². The standard InChI is InChI=1S/C26H38N4O7/c1-15(2)22(28-24(34)23(33)18(27)11-16-7-4-3-5-8-16)21(32)14-29-10-6-9-19(29)25(35)30-13-17(31)12-20(30)26(36)37/h3-5,7-8,15,17-20,22-23,31,33H,6,9-14,27H2,1-2H3,(H,28,34)(H,36,37). The van der Waals surface area contributed by atoms with Crippen LogP contribution in [0.25, 0.3) is 0 Å². The number of amides is 2. The molecule has 0 aliphatic carbocycles. The topological polar surface area (TPSA) is 173 Å². The van der Waals surface area contributed by atoms with E-state index in [1.807, 2.05) is 30.3 Å². The summed E-state index contributed by atoms with van der Waals surface area (Å²) >= 11 is 0. The summed E-state index contributed by atoms with van der Waals surface area (Å²) in [6, 6.07) is 5.70. The highest BCUT2D eigenvalue weighted by Gasteiger charge is 2.44. The van der Waals surface area contributed by atoms with Gasteiger partial charge in [-0.15, -0.1) is 0 Å². The van der Waals surface area contributed by atoms with Crippen molar-refractivity contribution in [1.29, 1.82) is 0 Å². The molecule has 0 bridgehead atoms. The molecule has 2 fully saturated rings. The molecule has 2 aliphatic rings. The highest BCUT2D eigenvalue weighted by atomic mass is 16.4. The third kappa shape index (κ3) is 7.13. The second kappa shape index (κ2) is 12.6. The summed E-state index contributed by atoms with van der Waals surface area (Å²) in [5.41, 5.74) is 6.93. The number of carboxylic acid groups (broad SMARTS) is 1. The molecule has 2 saturated heterocycles. The Morgan fingerprint density at radius 1 is 1.14 bits per heavy atom. The molecule has 11 nitrogen and oxygen atoms in total. The van der Waals surface area contributed by atoms with E-state index in [-0.39, 0.29) is 37.6 Å². The molecular weight excluding hydrogens is 480 g/mol. The molecule has 0 aromatic heterocycles. The number of ketones is 1. The van der Waals surface area contributed by atoms with Gasteiger partial charge in [0.05, 0.1) is 24.7 Å². The first-order valence-electron chi connectivity index (χ1n) is 12.8. The van der Waals surface area contributed by atoms with Gasteiger partial charge in [-0.05, 0) is 37.3 Å². The maximum Gasteiger partial charge on any atom is 0.326 e. The normalized spacial score (nSPS) is 24.6. The fourth-order valence-corrected chi connectivity index (χ4v) is 5.13. The third-order valence-corrected chi connectivity index (χ3v) is 7.15. The van der Waals surface area contributed by atoms with Crippen LogP contribution in [0.1, 0.15) is 38.7 Å². The molecule has 2 amide bonds. The van der Waals surface area contributed by atoms with E-state index in [1.54, 1.807) is 18.7 Å². The summed E-state index contributed by atoms with van der Waals surface area (Å²) in [7, 11) is 0. The number of nitrogens with zero attached hydrogens (tertiary/aromatic N) is 2. The van der Waals surface area contributed by atoms with Crippen LogP contribution in [-0.2, 0) is 25.6 Å². The Labute approximate surface area is 216 Å². The van der Waals surface area contributed by atoms with Crippen molar-refractivity contribution in [3.8, 4) is 0 Å². The second-order valence-corrected chi connectivity index (χ2v) is 10.4. The van der Waals surface area contributed by atoms with Crippen molar-refractivity contribution in [1.82, 2.24) is 15.1 Å². The SMILES string of the molecule is CC(C)C(NC(=O)C(O)C(N)Cc1ccccc1)C(=O)CN1CCCC1C(=O)N1CC(O)CC1C(=O)O. The van der Waals surface area contributed by atoms with Gasteiger partial charge >= 0.3 is 5.97 Å². The molecule has 0 saturated carbocycles. The zero-order chi connectivity index (χ0) is 27.3. The van der Waals surface area contributed by atoms with Crippen molar-refractivity contribution in [3.63, 3.8) is 0 Å². The van der Waals surface area contributed by atoms with Crippen molar-refractivity contribution in [2.75, 3.05) is 19.6 Å². The zero-order valence-electron chi connectivity index (χ0n) is 21.3. The van der Waals surface area contributed by atoms with E-state index in [1.165, 1.54) is 4.90 Å². The molecule has 0 spiro atoms. The zero-order valence-corrected chi connectivity index (χ0v) is 21.3. The van der Waals surface area contributed by atoms with Gasteiger partial charge in [-0.25, -0.2) is 4.79 Å². The van der Waals surface area contributed by atoms with Crippen LogP contribution in [0.4, 0.5) is 0 Å². The number of hydrogen-bond donors (Lipinski definition) is 5. The van der Waals surface area contributed by atoms with Crippen molar-refractivity contribution < 1.29 is 34.5 Å². The van der Waals surface area contributed by atoms with Gasteiger partial charge in [0.1, 0.15) is 12.1 Å². The molecule has 3 rings (SSSR count). The van der Waals surface area contributed by atoms with Gasteiger partial charge in [0.2, 0.25) is 5.91 Å². The smallest absolute Gasteiger partial charge is 0.326 e. The largest absolute Gasteiger partial charge is 0.480 e. The maximum absolute atomic E-state index is 13.2. The lowest BCUT2D eigenvalue weighted by atomic mass is 9.97. The van der Waals surface area contributed by atoms with E-state index in [2.05, 4.69) is 5.32 Å². The molecule has 2 aliphatic heterocycles. The molecule has 6 atom stereocenters. The third-order valence-electron chi connectivity index (χ3n) is 7.15. The average Bonchev–Trinajstić information content (AvgIpc) is 3.48. The molecule has 1 aromatic rings. The van der Waals surface area contributed by atoms with Gasteiger partial charge in [0, 0.05) is 19.0 Å². The monoisotopic (exact) mass is 518 g/mol. The van der Waals surface area contributed by atoms with Crippen molar-refractivity contribution in [3.05, 3.63) is 35.9 Å². The van der Waals surface area contributed by atoms with Crippen LogP contribution in [-0.4, -0.2) is 105 Å². The van der Waals surface area contributed by atoms with Gasteiger partial charge in [0.25, 0.3) is 5.91 Å². The number of carboxylic acids is 1. The molecule has 1 aromatic carbocycles. The molecule has 204 valence electrons. The summed E-state index contributed by atoms with van der Waals surface area (Å²) in [4.78, 5) is 53.6. The van der Waals surface area contributed by atoms with Crippen LogP contribution in [0.3, 0.4) is 0 Å². The fraction of sp³-hybridized carbons (Fsp3) is 0.615. The summed E-state index contributed by atoms with van der Waals surface area (Å²) in [6.45, 7) is 3.85. The van der Waals surface area contributed by atoms with Gasteiger partial charge < -0.3 is 31.3 Å². The summed E-state index contributed by atoms with van der Waals surface area (Å²) < 4.78 is 0. The quantitative estimate of drug-likeness (QED) is 0.250. The highest BCUT2D eigenvalue weighted by molar-refractivity contribution is 5.93. The molecule has 6 unspecified atom stereocenters. The first-order valence-corrected chi connectivity index (χ1v) is 12.8. The minimum atomic E-state index is -1.51. The number of carbonyl (C=O) groups is 4. The van der Waals surface area contributed by atoms with E-state index in [4.69, 9.17) is 5.73 Å². The Kier molecular flexibility index (Phi) is 9.77. The number of aliphatic hydroxyl groups excluding tert-OH is 2. The van der Waals surface area contributed by atoms with E-state index in [0.717, 1.165) is 5.56 Å². The number of carbonyl (C=O) groups excluding carboxylic acids is 3. The number of hydrogen-bond acceptors (Lipinski definition) is 8. The minimum Gasteiger partial charge on any atom is -0.480 e. The lowest BCUT2D eigenvalue weighted by Crippen LogP contribution is -2.56. The van der Waals surface area contributed by atoms with Gasteiger partial charge in [-0.1, -0.05) is 44.2 Å². The Morgan fingerprint density at radius 2 is 1.81 bits per heavy atom. The van der Waals surface area contributed by atoms with E-state index < -0.39 is 54.2 Å². The molecule has 11 heteroatoms. The Morgan fingerprint density at radius 3 is 2.43 bits per heavy atom.